The van der Waals surface area contributed by atoms with Gasteiger partial charge in [-0.2, -0.15) is 0 Å². The fraction of sp³-hybridized carbons (Fsp3) is 0.182. The Morgan fingerprint density at radius 1 is 1.32 bits per heavy atom. The number of aliphatic carboxylic acids is 2. The van der Waals surface area contributed by atoms with Crippen molar-refractivity contribution in [3.8, 4) is 0 Å². The number of hydrogen-bond donors (Lipinski definition) is 3. The van der Waals surface area contributed by atoms with Gasteiger partial charge in [-0.15, -0.1) is 0 Å². The first kappa shape index (κ1) is 15.1. The topological polar surface area (TPSA) is 104 Å². The second-order valence-electron chi connectivity index (χ2n) is 3.56. The Morgan fingerprint density at radius 2 is 1.95 bits per heavy atom. The van der Waals surface area contributed by atoms with Crippen molar-refractivity contribution < 1.29 is 29.0 Å². The molecule has 0 bridgehead atoms. The Balaban J connectivity index is 2.91. The molecule has 1 aromatic rings. The predicted molar refractivity (Wildman–Crippen MR) is 65.2 cm³/mol. The molecule has 0 aliphatic carbocycles. The van der Waals surface area contributed by atoms with Crippen molar-refractivity contribution >= 4 is 33.8 Å². The zero-order valence-corrected chi connectivity index (χ0v) is 11.0. The molecule has 0 spiro atoms. The van der Waals surface area contributed by atoms with Crippen molar-refractivity contribution in [3.05, 3.63) is 34.1 Å². The molecule has 0 aromatic heterocycles. The Hall–Kier alpha value is -1.96. The summed E-state index contributed by atoms with van der Waals surface area (Å²) in [6.07, 6.45) is -0.795. The van der Waals surface area contributed by atoms with Gasteiger partial charge in [-0.25, -0.2) is 9.18 Å². The third-order valence-corrected chi connectivity index (χ3v) is 2.79. The van der Waals surface area contributed by atoms with Crippen molar-refractivity contribution in [3.63, 3.8) is 0 Å². The van der Waals surface area contributed by atoms with Gasteiger partial charge in [0.1, 0.15) is 11.9 Å². The summed E-state index contributed by atoms with van der Waals surface area (Å²) < 4.78 is 13.6. The first-order chi connectivity index (χ1) is 8.82. The zero-order valence-electron chi connectivity index (χ0n) is 9.39. The Labute approximate surface area is 115 Å². The van der Waals surface area contributed by atoms with Crippen LogP contribution in [0.5, 0.6) is 0 Å². The fourth-order valence-electron chi connectivity index (χ4n) is 1.29. The third kappa shape index (κ3) is 4.02. The summed E-state index contributed by atoms with van der Waals surface area (Å²) >= 11 is 2.88. The molecule has 1 rings (SSSR count). The molecule has 8 heteroatoms. The first-order valence-electron chi connectivity index (χ1n) is 5.02. The number of carbonyl (C=O) groups is 3. The highest BCUT2D eigenvalue weighted by molar-refractivity contribution is 9.10. The SMILES string of the molecule is O=C(O)CC(NC(=O)c1cccc(Br)c1F)C(=O)O. The molecule has 1 aromatic carbocycles. The van der Waals surface area contributed by atoms with Crippen LogP contribution < -0.4 is 5.32 Å². The fourth-order valence-corrected chi connectivity index (χ4v) is 1.66. The lowest BCUT2D eigenvalue weighted by molar-refractivity contribution is -0.145. The number of carboxylic acid groups (broad SMARTS) is 2. The van der Waals surface area contributed by atoms with Crippen LogP contribution in [0.25, 0.3) is 0 Å². The second kappa shape index (κ2) is 6.28. The van der Waals surface area contributed by atoms with Gasteiger partial charge in [-0.05, 0) is 28.1 Å². The lowest BCUT2D eigenvalue weighted by atomic mass is 10.1. The molecular weight excluding hydrogens is 325 g/mol. The molecule has 19 heavy (non-hydrogen) atoms. The standard InChI is InChI=1S/C11H9BrFNO5/c12-6-3-1-2-5(9(6)13)10(17)14-7(11(18)19)4-8(15)16/h1-3,7H,4H2,(H,14,17)(H,15,16)(H,18,19). The number of amides is 1. The van der Waals surface area contributed by atoms with E-state index in [1.165, 1.54) is 12.1 Å². The van der Waals surface area contributed by atoms with Crippen LogP contribution in [0.1, 0.15) is 16.8 Å². The Morgan fingerprint density at radius 3 is 2.47 bits per heavy atom. The third-order valence-electron chi connectivity index (χ3n) is 2.18. The van der Waals surface area contributed by atoms with Crippen LogP contribution in [-0.2, 0) is 9.59 Å². The molecule has 1 atom stereocenters. The number of halogens is 2. The van der Waals surface area contributed by atoms with E-state index in [0.29, 0.717) is 0 Å². The van der Waals surface area contributed by atoms with Crippen molar-refractivity contribution in [1.29, 1.82) is 0 Å². The van der Waals surface area contributed by atoms with Gasteiger partial charge in [0.2, 0.25) is 0 Å². The summed E-state index contributed by atoms with van der Waals surface area (Å²) in [5.41, 5.74) is -0.369. The van der Waals surface area contributed by atoms with Crippen LogP contribution in [-0.4, -0.2) is 34.1 Å². The molecule has 3 N–H and O–H groups in total. The normalized spacial score (nSPS) is 11.7. The van der Waals surface area contributed by atoms with Gasteiger partial charge in [-0.3, -0.25) is 9.59 Å². The number of carbonyl (C=O) groups excluding carboxylic acids is 1. The van der Waals surface area contributed by atoms with E-state index in [-0.39, 0.29) is 10.0 Å². The molecule has 102 valence electrons. The summed E-state index contributed by atoms with van der Waals surface area (Å²) in [6.45, 7) is 0. The minimum absolute atomic E-state index is 0.0465. The smallest absolute Gasteiger partial charge is 0.326 e. The van der Waals surface area contributed by atoms with Crippen LogP contribution in [0.4, 0.5) is 4.39 Å². The molecule has 1 unspecified atom stereocenters. The maximum absolute atomic E-state index is 13.6. The van der Waals surface area contributed by atoms with Gasteiger partial charge in [0.05, 0.1) is 16.5 Å². The highest BCUT2D eigenvalue weighted by Crippen LogP contribution is 2.18. The van der Waals surface area contributed by atoms with Gasteiger partial charge in [0.25, 0.3) is 5.91 Å². The minimum Gasteiger partial charge on any atom is -0.481 e. The first-order valence-corrected chi connectivity index (χ1v) is 5.81. The lowest BCUT2D eigenvalue weighted by Crippen LogP contribution is -2.42. The lowest BCUT2D eigenvalue weighted by Gasteiger charge is -2.13. The van der Waals surface area contributed by atoms with E-state index in [2.05, 4.69) is 15.9 Å². The van der Waals surface area contributed by atoms with Crippen LogP contribution in [0.15, 0.2) is 22.7 Å². The summed E-state index contributed by atoms with van der Waals surface area (Å²) in [5, 5.41) is 19.2. The van der Waals surface area contributed by atoms with E-state index in [9.17, 15) is 18.8 Å². The van der Waals surface area contributed by atoms with Gasteiger partial charge in [0.15, 0.2) is 0 Å². The summed E-state index contributed by atoms with van der Waals surface area (Å²) in [4.78, 5) is 32.9. The van der Waals surface area contributed by atoms with Crippen molar-refractivity contribution in [2.75, 3.05) is 0 Å². The molecular formula is C11H9BrFNO5. The van der Waals surface area contributed by atoms with Gasteiger partial charge >= 0.3 is 11.9 Å². The zero-order chi connectivity index (χ0) is 14.6. The van der Waals surface area contributed by atoms with Crippen LogP contribution in [0.3, 0.4) is 0 Å². The molecule has 1 amide bonds. The molecule has 0 heterocycles. The number of nitrogens with one attached hydrogen (secondary N) is 1. The van der Waals surface area contributed by atoms with Crippen LogP contribution in [0, 0.1) is 5.82 Å². The maximum Gasteiger partial charge on any atom is 0.326 e. The van der Waals surface area contributed by atoms with E-state index >= 15 is 0 Å². The molecule has 0 radical (unpaired) electrons. The van der Waals surface area contributed by atoms with E-state index in [0.717, 1.165) is 6.07 Å². The molecule has 0 aliphatic heterocycles. The van der Waals surface area contributed by atoms with Crippen LogP contribution in [0.2, 0.25) is 0 Å². The van der Waals surface area contributed by atoms with E-state index < -0.39 is 36.1 Å². The summed E-state index contributed by atoms with van der Waals surface area (Å²) in [5.74, 6) is -4.74. The summed E-state index contributed by atoms with van der Waals surface area (Å²) in [7, 11) is 0. The van der Waals surface area contributed by atoms with Gasteiger partial charge in [-0.1, -0.05) is 6.07 Å². The average molecular weight is 334 g/mol. The van der Waals surface area contributed by atoms with Crippen molar-refractivity contribution in [2.24, 2.45) is 0 Å². The summed E-state index contributed by atoms with van der Waals surface area (Å²) in [6, 6.07) is 2.31. The van der Waals surface area contributed by atoms with E-state index in [1.807, 2.05) is 5.32 Å². The monoisotopic (exact) mass is 333 g/mol. The van der Waals surface area contributed by atoms with Gasteiger partial charge < -0.3 is 15.5 Å². The average Bonchev–Trinajstić information content (AvgIpc) is 2.31. The van der Waals surface area contributed by atoms with Crippen molar-refractivity contribution in [2.45, 2.75) is 12.5 Å². The minimum atomic E-state index is -1.62. The van der Waals surface area contributed by atoms with E-state index in [1.54, 1.807) is 0 Å². The molecule has 0 saturated heterocycles. The van der Waals surface area contributed by atoms with Gasteiger partial charge in [0, 0.05) is 0 Å². The number of benzene rings is 1. The maximum atomic E-state index is 13.6. The Bertz CT molecular complexity index is 534. The number of carboxylic acids is 2. The quantitative estimate of drug-likeness (QED) is 0.752. The highest BCUT2D eigenvalue weighted by atomic mass is 79.9. The number of rotatable bonds is 5. The van der Waals surface area contributed by atoms with E-state index in [4.69, 9.17) is 10.2 Å². The number of hydrogen-bond acceptors (Lipinski definition) is 3. The molecule has 0 aliphatic rings. The second-order valence-corrected chi connectivity index (χ2v) is 4.42. The largest absolute Gasteiger partial charge is 0.481 e. The van der Waals surface area contributed by atoms with Crippen molar-refractivity contribution in [1.82, 2.24) is 5.32 Å². The molecule has 0 saturated carbocycles. The highest BCUT2D eigenvalue weighted by Gasteiger charge is 2.25. The van der Waals surface area contributed by atoms with Crippen LogP contribution >= 0.6 is 15.9 Å². The predicted octanol–water partition coefficient (Wildman–Crippen LogP) is 1.25. The molecule has 0 fully saturated rings. The Kier molecular flexibility index (Phi) is 4.99. The molecule has 6 nitrogen and oxygen atoms in total.